The van der Waals surface area contributed by atoms with Crippen LogP contribution in [0.15, 0.2) is 30.3 Å². The Balaban J connectivity index is 1.93. The molecule has 1 aromatic carbocycles. The Labute approximate surface area is 126 Å². The molecule has 1 heterocycles. The third-order valence-corrected chi connectivity index (χ3v) is 3.87. The van der Waals surface area contributed by atoms with Crippen molar-refractivity contribution in [3.63, 3.8) is 0 Å². The number of rotatable bonds is 3. The number of aliphatic hydroxyl groups is 1. The van der Waals surface area contributed by atoms with Gasteiger partial charge < -0.3 is 14.7 Å². The summed E-state index contributed by atoms with van der Waals surface area (Å²) in [7, 11) is 0. The average Bonchev–Trinajstić information content (AvgIpc) is 2.52. The smallest absolute Gasteiger partial charge is 0.410 e. The molecule has 0 aliphatic carbocycles. The predicted octanol–water partition coefficient (Wildman–Crippen LogP) is 2.82. The second kappa shape index (κ2) is 7.00. The molecule has 0 unspecified atom stereocenters. The van der Waals surface area contributed by atoms with E-state index in [1.807, 2.05) is 6.07 Å². The number of likely N-dealkylation sites (tertiary alicyclic amines) is 1. The minimum Gasteiger partial charge on any atom is -0.445 e. The van der Waals surface area contributed by atoms with E-state index in [-0.39, 0.29) is 19.6 Å². The van der Waals surface area contributed by atoms with E-state index in [0.29, 0.717) is 0 Å². The highest BCUT2D eigenvalue weighted by Gasteiger charge is 2.48. The molecule has 22 heavy (non-hydrogen) atoms. The van der Waals surface area contributed by atoms with Crippen LogP contribution in [0.4, 0.5) is 18.0 Å². The van der Waals surface area contributed by atoms with E-state index in [1.54, 1.807) is 24.3 Å². The van der Waals surface area contributed by atoms with Crippen LogP contribution in [0.3, 0.4) is 0 Å². The van der Waals surface area contributed by atoms with Gasteiger partial charge in [-0.25, -0.2) is 4.79 Å². The Morgan fingerprint density at radius 1 is 1.32 bits per heavy atom. The first-order valence-electron chi connectivity index (χ1n) is 7.05. The Morgan fingerprint density at radius 3 is 2.59 bits per heavy atom. The van der Waals surface area contributed by atoms with E-state index in [2.05, 4.69) is 0 Å². The molecule has 4 nitrogen and oxygen atoms in total. The molecular weight excluding hydrogens is 299 g/mol. The summed E-state index contributed by atoms with van der Waals surface area (Å²) in [6.45, 7) is -0.818. The van der Waals surface area contributed by atoms with Gasteiger partial charge in [0, 0.05) is 19.7 Å². The van der Waals surface area contributed by atoms with Gasteiger partial charge >= 0.3 is 12.3 Å². The van der Waals surface area contributed by atoms with E-state index in [0.717, 1.165) is 10.5 Å². The van der Waals surface area contributed by atoms with E-state index in [9.17, 15) is 18.0 Å². The van der Waals surface area contributed by atoms with E-state index in [4.69, 9.17) is 9.84 Å². The van der Waals surface area contributed by atoms with Crippen molar-refractivity contribution in [2.45, 2.75) is 19.2 Å². The monoisotopic (exact) mass is 317 g/mol. The van der Waals surface area contributed by atoms with E-state index < -0.39 is 37.3 Å². The molecule has 1 aromatic rings. The van der Waals surface area contributed by atoms with Crippen molar-refractivity contribution in [2.75, 3.05) is 19.7 Å². The highest BCUT2D eigenvalue weighted by Crippen LogP contribution is 2.37. The molecule has 0 radical (unpaired) electrons. The van der Waals surface area contributed by atoms with Crippen LogP contribution in [-0.2, 0) is 11.3 Å². The third kappa shape index (κ3) is 4.13. The number of hydrogen-bond donors (Lipinski definition) is 1. The molecule has 1 fully saturated rings. The minimum atomic E-state index is -4.44. The maximum Gasteiger partial charge on any atom is 0.410 e. The molecule has 1 N–H and O–H groups in total. The number of carbonyl (C=O) groups is 1. The van der Waals surface area contributed by atoms with Crippen LogP contribution in [0, 0.1) is 11.8 Å². The van der Waals surface area contributed by atoms with Gasteiger partial charge in [0.15, 0.2) is 0 Å². The van der Waals surface area contributed by atoms with Gasteiger partial charge in [-0.3, -0.25) is 0 Å². The molecule has 2 atom stereocenters. The fourth-order valence-corrected chi connectivity index (χ4v) is 2.57. The number of ether oxygens (including phenoxy) is 1. The number of benzene rings is 1. The van der Waals surface area contributed by atoms with Crippen molar-refractivity contribution in [1.29, 1.82) is 0 Å². The van der Waals surface area contributed by atoms with Crippen molar-refractivity contribution in [1.82, 2.24) is 4.90 Å². The Hall–Kier alpha value is -1.76. The van der Waals surface area contributed by atoms with Gasteiger partial charge in [-0.2, -0.15) is 13.2 Å². The first kappa shape index (κ1) is 16.6. The zero-order chi connectivity index (χ0) is 16.2. The normalized spacial score (nSPS) is 22.5. The SMILES string of the molecule is O=C(OCc1ccccc1)N1CC[C@H](CO)[C@@H](C(F)(F)F)C1. The summed E-state index contributed by atoms with van der Waals surface area (Å²) >= 11 is 0. The maximum atomic E-state index is 13.0. The van der Waals surface area contributed by atoms with Crippen LogP contribution in [0.1, 0.15) is 12.0 Å². The van der Waals surface area contributed by atoms with Crippen LogP contribution < -0.4 is 0 Å². The van der Waals surface area contributed by atoms with Crippen molar-refractivity contribution >= 4 is 6.09 Å². The molecule has 2 rings (SSSR count). The molecule has 1 aliphatic rings. The quantitative estimate of drug-likeness (QED) is 0.932. The molecule has 0 spiro atoms. The van der Waals surface area contributed by atoms with Crippen molar-refractivity contribution in [2.24, 2.45) is 11.8 Å². The van der Waals surface area contributed by atoms with Crippen LogP contribution in [0.2, 0.25) is 0 Å². The molecule has 1 aliphatic heterocycles. The summed E-state index contributed by atoms with van der Waals surface area (Å²) in [6.07, 6.45) is -5.08. The summed E-state index contributed by atoms with van der Waals surface area (Å²) in [5, 5.41) is 9.07. The lowest BCUT2D eigenvalue weighted by molar-refractivity contribution is -0.203. The Morgan fingerprint density at radius 2 is 2.00 bits per heavy atom. The van der Waals surface area contributed by atoms with Gasteiger partial charge in [-0.15, -0.1) is 0 Å². The first-order valence-corrected chi connectivity index (χ1v) is 7.05. The number of nitrogens with zero attached hydrogens (tertiary/aromatic N) is 1. The van der Waals surface area contributed by atoms with Gasteiger partial charge in [0.1, 0.15) is 6.61 Å². The zero-order valence-electron chi connectivity index (χ0n) is 11.9. The molecule has 7 heteroatoms. The van der Waals surface area contributed by atoms with Gasteiger partial charge in [-0.1, -0.05) is 30.3 Å². The second-order valence-electron chi connectivity index (χ2n) is 5.37. The number of aliphatic hydroxyl groups excluding tert-OH is 1. The topological polar surface area (TPSA) is 49.8 Å². The molecule has 0 aromatic heterocycles. The Kier molecular flexibility index (Phi) is 5.28. The summed E-state index contributed by atoms with van der Waals surface area (Å²) < 4.78 is 44.0. The molecule has 122 valence electrons. The summed E-state index contributed by atoms with van der Waals surface area (Å²) in [5.41, 5.74) is 0.772. The standard InChI is InChI=1S/C15H18F3NO3/c16-15(17,18)13-8-19(7-6-12(13)9-20)14(21)22-10-11-4-2-1-3-5-11/h1-5,12-13,20H,6-10H2/t12-,13+/m1/s1. The largest absolute Gasteiger partial charge is 0.445 e. The van der Waals surface area contributed by atoms with Gasteiger partial charge in [-0.05, 0) is 17.9 Å². The van der Waals surface area contributed by atoms with Gasteiger partial charge in [0.25, 0.3) is 0 Å². The summed E-state index contributed by atoms with van der Waals surface area (Å²) in [6, 6.07) is 8.93. The fraction of sp³-hybridized carbons (Fsp3) is 0.533. The van der Waals surface area contributed by atoms with Crippen molar-refractivity contribution < 1.29 is 27.8 Å². The number of amides is 1. The number of alkyl halides is 3. The predicted molar refractivity (Wildman–Crippen MR) is 72.9 cm³/mol. The minimum absolute atomic E-state index is 0.0241. The van der Waals surface area contributed by atoms with Gasteiger partial charge in [0.2, 0.25) is 0 Å². The van der Waals surface area contributed by atoms with Crippen molar-refractivity contribution in [3.05, 3.63) is 35.9 Å². The van der Waals surface area contributed by atoms with Gasteiger partial charge in [0.05, 0.1) is 5.92 Å². The average molecular weight is 317 g/mol. The summed E-state index contributed by atoms with van der Waals surface area (Å²) in [5.74, 6) is -2.58. The number of piperidine rings is 1. The lowest BCUT2D eigenvalue weighted by Crippen LogP contribution is -2.49. The molecule has 1 saturated heterocycles. The van der Waals surface area contributed by atoms with E-state index in [1.165, 1.54) is 0 Å². The molecule has 1 amide bonds. The Bertz CT molecular complexity index is 493. The van der Waals surface area contributed by atoms with E-state index >= 15 is 0 Å². The highest BCUT2D eigenvalue weighted by atomic mass is 19.4. The van der Waals surface area contributed by atoms with Crippen LogP contribution >= 0.6 is 0 Å². The highest BCUT2D eigenvalue weighted by molar-refractivity contribution is 5.67. The molecular formula is C15H18F3NO3. The lowest BCUT2D eigenvalue weighted by atomic mass is 9.86. The first-order chi connectivity index (χ1) is 10.4. The number of halogens is 3. The number of hydrogen-bond acceptors (Lipinski definition) is 3. The maximum absolute atomic E-state index is 13.0. The number of carbonyl (C=O) groups excluding carboxylic acids is 1. The van der Waals surface area contributed by atoms with Crippen LogP contribution in [0.25, 0.3) is 0 Å². The summed E-state index contributed by atoms with van der Waals surface area (Å²) in [4.78, 5) is 13.0. The van der Waals surface area contributed by atoms with Crippen LogP contribution in [-0.4, -0.2) is 42.0 Å². The second-order valence-corrected chi connectivity index (χ2v) is 5.37. The zero-order valence-corrected chi connectivity index (χ0v) is 11.9. The third-order valence-electron chi connectivity index (χ3n) is 3.87. The van der Waals surface area contributed by atoms with Crippen molar-refractivity contribution in [3.8, 4) is 0 Å². The molecule has 0 bridgehead atoms. The lowest BCUT2D eigenvalue weighted by Gasteiger charge is -2.38. The fourth-order valence-electron chi connectivity index (χ4n) is 2.57. The van der Waals surface area contributed by atoms with Crippen LogP contribution in [0.5, 0.6) is 0 Å². The molecule has 0 saturated carbocycles.